The average Bonchev–Trinajstić information content (AvgIpc) is 3.15. The maximum atomic E-state index is 13.1. The fourth-order valence-corrected chi connectivity index (χ4v) is 7.85. The normalized spacial score (nSPS) is 34.5. The van der Waals surface area contributed by atoms with Crippen LogP contribution >= 0.6 is 0 Å². The van der Waals surface area contributed by atoms with E-state index >= 15 is 0 Å². The number of ketones is 1. The summed E-state index contributed by atoms with van der Waals surface area (Å²) in [6.45, 7) is 8.81. The molecule has 0 amide bonds. The van der Waals surface area contributed by atoms with Gasteiger partial charge in [0, 0.05) is 18.6 Å². The highest BCUT2D eigenvalue weighted by atomic mass is 16.5. The molecule has 0 spiro atoms. The number of oxime groups is 1. The van der Waals surface area contributed by atoms with Crippen LogP contribution in [0.3, 0.4) is 0 Å². The van der Waals surface area contributed by atoms with E-state index in [4.69, 9.17) is 14.7 Å². The number of fused-ring (bicyclic) bond motifs is 4. The van der Waals surface area contributed by atoms with Crippen LogP contribution < -0.4 is 0 Å². The van der Waals surface area contributed by atoms with Crippen molar-refractivity contribution in [3.05, 3.63) is 58.2 Å². The van der Waals surface area contributed by atoms with Gasteiger partial charge >= 0.3 is 0 Å². The van der Waals surface area contributed by atoms with Crippen LogP contribution in [0.15, 0.2) is 52.2 Å². The predicted octanol–water partition coefficient (Wildman–Crippen LogP) is 6.21. The van der Waals surface area contributed by atoms with Gasteiger partial charge in [0.15, 0.2) is 5.78 Å². The Kier molecular flexibility index (Phi) is 6.75. The zero-order chi connectivity index (χ0) is 24.6. The Hall–Kier alpha value is -2.24. The second kappa shape index (κ2) is 9.67. The lowest BCUT2D eigenvalue weighted by molar-refractivity contribution is -0.166. The van der Waals surface area contributed by atoms with Gasteiger partial charge in [-0.1, -0.05) is 41.9 Å². The molecule has 188 valence electrons. The molecule has 0 saturated heterocycles. The van der Waals surface area contributed by atoms with Crippen LogP contribution in [-0.2, 0) is 14.3 Å². The van der Waals surface area contributed by atoms with Crippen LogP contribution in [0, 0.1) is 17.3 Å². The molecule has 1 aromatic carbocycles. The van der Waals surface area contributed by atoms with Crippen LogP contribution in [0.2, 0.25) is 0 Å². The summed E-state index contributed by atoms with van der Waals surface area (Å²) in [6, 6.07) is 7.84. The van der Waals surface area contributed by atoms with Gasteiger partial charge in [0.1, 0.15) is 0 Å². The van der Waals surface area contributed by atoms with Gasteiger partial charge in [0.2, 0.25) is 0 Å². The van der Waals surface area contributed by atoms with Gasteiger partial charge in [-0.25, -0.2) is 0 Å². The summed E-state index contributed by atoms with van der Waals surface area (Å²) in [4.78, 5) is 13.1. The molecule has 5 atom stereocenters. The van der Waals surface area contributed by atoms with Gasteiger partial charge in [0.05, 0.1) is 24.3 Å². The monoisotopic (exact) mass is 477 g/mol. The fourth-order valence-electron chi connectivity index (χ4n) is 7.85. The first-order valence-corrected chi connectivity index (χ1v) is 13.4. The van der Waals surface area contributed by atoms with E-state index in [2.05, 4.69) is 25.9 Å². The summed E-state index contributed by atoms with van der Waals surface area (Å²) in [6.07, 6.45) is 10.8. The molecule has 0 aliphatic heterocycles. The van der Waals surface area contributed by atoms with E-state index in [-0.39, 0.29) is 22.7 Å². The first-order chi connectivity index (χ1) is 17.0. The van der Waals surface area contributed by atoms with E-state index in [1.807, 2.05) is 30.3 Å². The highest BCUT2D eigenvalue weighted by Gasteiger charge is 2.62. The smallest absolute Gasteiger partial charge is 0.163 e. The second-order valence-electron chi connectivity index (χ2n) is 11.0. The minimum Gasteiger partial charge on any atom is -0.411 e. The largest absolute Gasteiger partial charge is 0.411 e. The number of hydrogen-bond acceptors (Lipinski definition) is 5. The molecule has 0 bridgehead atoms. The summed E-state index contributed by atoms with van der Waals surface area (Å²) in [5, 5.41) is 11.9. The van der Waals surface area contributed by atoms with Crippen molar-refractivity contribution in [3.63, 3.8) is 0 Å². The number of rotatable bonds is 7. The quantitative estimate of drug-likeness (QED) is 0.288. The van der Waals surface area contributed by atoms with Crippen LogP contribution in [0.5, 0.6) is 0 Å². The van der Waals surface area contributed by atoms with Crippen molar-refractivity contribution in [1.29, 1.82) is 0 Å². The lowest BCUT2D eigenvalue weighted by atomic mass is 9.54. The maximum Gasteiger partial charge on any atom is 0.163 e. The van der Waals surface area contributed by atoms with Crippen molar-refractivity contribution in [2.45, 2.75) is 77.2 Å². The SMILES string of the molecule is CCOC[C@]1(OCC)CC[C@H]2[C@@H]3CCC4=CC(=O)C(c5ccc(C=NO)cc5)CC4=C3CC[C@@]21C. The number of carbonyl (C=O) groups is 1. The number of allylic oxidation sites excluding steroid dienone is 4. The third kappa shape index (κ3) is 4.01. The Morgan fingerprint density at radius 3 is 2.63 bits per heavy atom. The van der Waals surface area contributed by atoms with Crippen molar-refractivity contribution in [1.82, 2.24) is 0 Å². The number of nitrogens with zero attached hydrogens (tertiary/aromatic N) is 1. The molecular weight excluding hydrogens is 438 g/mol. The van der Waals surface area contributed by atoms with Crippen molar-refractivity contribution in [2.75, 3.05) is 19.8 Å². The molecule has 35 heavy (non-hydrogen) atoms. The lowest BCUT2D eigenvalue weighted by Crippen LogP contribution is -2.54. The molecule has 2 fully saturated rings. The van der Waals surface area contributed by atoms with Crippen LogP contribution in [0.4, 0.5) is 0 Å². The van der Waals surface area contributed by atoms with Crippen LogP contribution in [0.1, 0.15) is 82.8 Å². The summed E-state index contributed by atoms with van der Waals surface area (Å²) >= 11 is 0. The number of benzene rings is 1. The molecule has 5 heteroatoms. The minimum absolute atomic E-state index is 0.127. The summed E-state index contributed by atoms with van der Waals surface area (Å²) in [5.41, 5.74) is 6.19. The van der Waals surface area contributed by atoms with Crippen LogP contribution in [-0.4, -0.2) is 42.6 Å². The van der Waals surface area contributed by atoms with E-state index in [9.17, 15) is 4.79 Å². The Bertz CT molecular complexity index is 1050. The van der Waals surface area contributed by atoms with Gasteiger partial charge in [-0.05, 0) is 99.0 Å². The van der Waals surface area contributed by atoms with Gasteiger partial charge in [0.25, 0.3) is 0 Å². The number of ether oxygens (including phenoxy) is 2. The zero-order valence-corrected chi connectivity index (χ0v) is 21.4. The highest BCUT2D eigenvalue weighted by Crippen LogP contribution is 2.64. The fraction of sp³-hybridized carbons (Fsp3) is 0.600. The molecule has 1 aromatic rings. The van der Waals surface area contributed by atoms with E-state index in [1.165, 1.54) is 23.8 Å². The number of carbonyl (C=O) groups excluding carboxylic acids is 1. The Morgan fingerprint density at radius 1 is 1.11 bits per heavy atom. The molecule has 4 aliphatic rings. The zero-order valence-electron chi connectivity index (χ0n) is 21.4. The van der Waals surface area contributed by atoms with Crippen molar-refractivity contribution < 1.29 is 19.5 Å². The van der Waals surface area contributed by atoms with Gasteiger partial charge < -0.3 is 14.7 Å². The van der Waals surface area contributed by atoms with Gasteiger partial charge in [-0.2, -0.15) is 0 Å². The summed E-state index contributed by atoms with van der Waals surface area (Å²) in [7, 11) is 0. The molecule has 5 rings (SSSR count). The molecule has 5 nitrogen and oxygen atoms in total. The summed E-state index contributed by atoms with van der Waals surface area (Å²) < 4.78 is 12.5. The Morgan fingerprint density at radius 2 is 1.91 bits per heavy atom. The second-order valence-corrected chi connectivity index (χ2v) is 11.0. The highest BCUT2D eigenvalue weighted by molar-refractivity contribution is 5.98. The minimum atomic E-state index is -0.181. The average molecular weight is 478 g/mol. The van der Waals surface area contributed by atoms with E-state index in [0.29, 0.717) is 18.4 Å². The molecule has 0 heterocycles. The van der Waals surface area contributed by atoms with Gasteiger partial charge in [-0.3, -0.25) is 4.79 Å². The van der Waals surface area contributed by atoms with E-state index in [1.54, 1.807) is 5.57 Å². The van der Waals surface area contributed by atoms with Crippen molar-refractivity contribution in [2.24, 2.45) is 22.4 Å². The molecular formula is C30H39NO4. The Balaban J connectivity index is 1.45. The third-order valence-electron chi connectivity index (χ3n) is 9.64. The predicted molar refractivity (Wildman–Crippen MR) is 137 cm³/mol. The summed E-state index contributed by atoms with van der Waals surface area (Å²) in [5.74, 6) is 1.29. The lowest BCUT2D eigenvalue weighted by Gasteiger charge is -2.53. The third-order valence-corrected chi connectivity index (χ3v) is 9.64. The Labute approximate surface area is 209 Å². The van der Waals surface area contributed by atoms with Gasteiger partial charge in [-0.15, -0.1) is 0 Å². The molecule has 0 aromatic heterocycles. The van der Waals surface area contributed by atoms with E-state index in [0.717, 1.165) is 62.9 Å². The molecule has 0 radical (unpaired) electrons. The molecule has 1 N–H and O–H groups in total. The standard InChI is InChI=1S/C30H39NO4/c1-4-34-19-30(35-5-2)15-13-27-24-11-10-22-16-28(32)26(21-8-6-20(7-9-21)18-31-33)17-25(22)23(24)12-14-29(27,30)3/h6-9,16,18,24,26-27,33H,4-5,10-15,17,19H2,1-3H3/t24-,26?,27+,29+,30-/m1/s1. The van der Waals surface area contributed by atoms with Crippen LogP contribution in [0.25, 0.3) is 0 Å². The maximum absolute atomic E-state index is 13.1. The van der Waals surface area contributed by atoms with E-state index < -0.39 is 0 Å². The topological polar surface area (TPSA) is 68.1 Å². The van der Waals surface area contributed by atoms with Crippen molar-refractivity contribution >= 4 is 12.0 Å². The van der Waals surface area contributed by atoms with Crippen molar-refractivity contribution in [3.8, 4) is 0 Å². The molecule has 1 unspecified atom stereocenters. The molecule has 4 aliphatic carbocycles. The number of hydrogen-bond donors (Lipinski definition) is 1. The first-order valence-electron chi connectivity index (χ1n) is 13.4. The molecule has 2 saturated carbocycles. The first kappa shape index (κ1) is 24.5.